The minimum absolute atomic E-state index is 0.0290. The molecule has 2 bridgehead atoms. The van der Waals surface area contributed by atoms with Crippen LogP contribution in [-0.4, -0.2) is 57.6 Å². The number of hydrogen-bond donors (Lipinski definition) is 1. The van der Waals surface area contributed by atoms with E-state index in [1.807, 2.05) is 0 Å². The number of carbonyl (C=O) groups excluding carboxylic acids is 2. The lowest BCUT2D eigenvalue weighted by Crippen LogP contribution is -2.41. The number of aromatic nitrogens is 2. The molecule has 0 aliphatic carbocycles. The fraction of sp³-hybridized carbons (Fsp3) is 0.500. The Labute approximate surface area is 166 Å². The zero-order chi connectivity index (χ0) is 20.0. The smallest absolute Gasteiger partial charge is 0.347 e. The first-order valence-corrected chi connectivity index (χ1v) is 9.84. The van der Waals surface area contributed by atoms with Crippen LogP contribution in [0.15, 0.2) is 46.1 Å². The minimum atomic E-state index is -0.436. The van der Waals surface area contributed by atoms with Crippen molar-refractivity contribution < 1.29 is 18.7 Å². The van der Waals surface area contributed by atoms with Gasteiger partial charge >= 0.3 is 5.69 Å². The van der Waals surface area contributed by atoms with Gasteiger partial charge in [-0.15, -0.1) is 0 Å². The Bertz CT molecular complexity index is 987. The van der Waals surface area contributed by atoms with E-state index in [1.54, 1.807) is 29.3 Å². The molecule has 3 aliphatic rings. The van der Waals surface area contributed by atoms with Crippen LogP contribution in [0.1, 0.15) is 23.4 Å². The Morgan fingerprint density at radius 1 is 1.34 bits per heavy atom. The Morgan fingerprint density at radius 3 is 3.03 bits per heavy atom. The first-order valence-electron chi connectivity index (χ1n) is 9.84. The van der Waals surface area contributed by atoms with Crippen molar-refractivity contribution in [1.82, 2.24) is 19.8 Å². The number of fused-ring (bicyclic) bond motifs is 1. The second-order valence-corrected chi connectivity index (χ2v) is 8.02. The minimum Gasteiger partial charge on any atom is -0.459 e. The third-order valence-electron chi connectivity index (χ3n) is 6.47. The van der Waals surface area contributed by atoms with Crippen LogP contribution in [0.3, 0.4) is 0 Å². The van der Waals surface area contributed by atoms with Crippen molar-refractivity contribution >= 4 is 11.8 Å². The number of rotatable bonds is 5. The highest BCUT2D eigenvalue weighted by atomic mass is 16.5. The predicted octanol–water partition coefficient (Wildman–Crippen LogP) is 0.272. The number of hydrogen-bond acceptors (Lipinski definition) is 6. The molecule has 29 heavy (non-hydrogen) atoms. The quantitative estimate of drug-likeness (QED) is 0.775. The van der Waals surface area contributed by atoms with Crippen molar-refractivity contribution in [3.05, 3.63) is 53.1 Å². The van der Waals surface area contributed by atoms with E-state index < -0.39 is 5.69 Å². The fourth-order valence-corrected chi connectivity index (χ4v) is 5.11. The summed E-state index contributed by atoms with van der Waals surface area (Å²) in [5.74, 6) is 0.256. The number of carbonyl (C=O) groups is 2. The van der Waals surface area contributed by atoms with Gasteiger partial charge in [0.15, 0.2) is 5.76 Å². The fourth-order valence-electron chi connectivity index (χ4n) is 5.11. The molecule has 1 spiro atoms. The third kappa shape index (κ3) is 3.05. The monoisotopic (exact) mass is 398 g/mol. The molecular formula is C20H22N4O5. The lowest BCUT2D eigenvalue weighted by Gasteiger charge is -2.29. The van der Waals surface area contributed by atoms with Crippen LogP contribution in [0.4, 0.5) is 0 Å². The maximum Gasteiger partial charge on any atom is 0.347 e. The summed E-state index contributed by atoms with van der Waals surface area (Å²) in [4.78, 5) is 42.3. The highest BCUT2D eigenvalue weighted by Crippen LogP contribution is 2.54. The molecule has 0 radical (unpaired) electrons. The summed E-state index contributed by atoms with van der Waals surface area (Å²) in [5, 5.41) is 2.94. The van der Waals surface area contributed by atoms with Crippen molar-refractivity contribution in [2.24, 2.45) is 11.8 Å². The molecule has 2 aromatic rings. The Morgan fingerprint density at radius 2 is 2.24 bits per heavy atom. The normalized spacial score (nSPS) is 29.8. The van der Waals surface area contributed by atoms with Gasteiger partial charge in [-0.05, 0) is 31.0 Å². The largest absolute Gasteiger partial charge is 0.459 e. The van der Waals surface area contributed by atoms with Gasteiger partial charge in [-0.1, -0.05) is 0 Å². The highest BCUT2D eigenvalue weighted by Gasteiger charge is 2.63. The summed E-state index contributed by atoms with van der Waals surface area (Å²) in [5.41, 5.74) is -0.769. The summed E-state index contributed by atoms with van der Waals surface area (Å²) in [6.45, 7) is 1.57. The van der Waals surface area contributed by atoms with Crippen molar-refractivity contribution in [2.75, 3.05) is 19.6 Å². The molecule has 3 aliphatic heterocycles. The zero-order valence-corrected chi connectivity index (χ0v) is 15.8. The van der Waals surface area contributed by atoms with E-state index >= 15 is 0 Å². The molecule has 3 saturated heterocycles. The summed E-state index contributed by atoms with van der Waals surface area (Å²) in [7, 11) is 0. The molecule has 1 N–H and O–H groups in total. The molecule has 3 fully saturated rings. The van der Waals surface area contributed by atoms with Crippen LogP contribution >= 0.6 is 0 Å². The van der Waals surface area contributed by atoms with Crippen LogP contribution < -0.4 is 11.0 Å². The predicted molar refractivity (Wildman–Crippen MR) is 99.9 cm³/mol. The summed E-state index contributed by atoms with van der Waals surface area (Å²) in [6.07, 6.45) is 6.41. The van der Waals surface area contributed by atoms with Gasteiger partial charge in [0.2, 0.25) is 5.91 Å². The summed E-state index contributed by atoms with van der Waals surface area (Å²) in [6, 6.07) is 4.94. The zero-order valence-electron chi connectivity index (χ0n) is 15.8. The molecule has 152 valence electrons. The van der Waals surface area contributed by atoms with E-state index in [2.05, 4.69) is 10.3 Å². The average Bonchev–Trinajstić information content (AvgIpc) is 3.48. The average molecular weight is 398 g/mol. The third-order valence-corrected chi connectivity index (χ3v) is 6.47. The molecule has 2 amide bonds. The van der Waals surface area contributed by atoms with Crippen LogP contribution in [0.25, 0.3) is 0 Å². The van der Waals surface area contributed by atoms with Crippen LogP contribution in [0, 0.1) is 11.8 Å². The van der Waals surface area contributed by atoms with Gasteiger partial charge in [0, 0.05) is 37.3 Å². The Balaban J connectivity index is 1.26. The number of nitrogens with one attached hydrogen (secondary N) is 1. The molecular weight excluding hydrogens is 376 g/mol. The van der Waals surface area contributed by atoms with E-state index in [0.717, 1.165) is 12.8 Å². The number of amides is 2. The summed E-state index contributed by atoms with van der Waals surface area (Å²) >= 11 is 0. The molecule has 5 rings (SSSR count). The molecule has 9 heteroatoms. The van der Waals surface area contributed by atoms with Crippen molar-refractivity contribution in [2.45, 2.75) is 31.1 Å². The van der Waals surface area contributed by atoms with E-state index in [-0.39, 0.29) is 47.7 Å². The Kier molecular flexibility index (Phi) is 4.27. The standard InChI is InChI=1S/C20H22N4O5/c25-17(11-23-7-2-6-21-19(23)27)24-10-14-13(15-4-5-20(14,12-24)29-15)9-22-18(26)16-3-1-8-28-16/h1-3,6-8,13-15H,4-5,9-12H2,(H,22,26)/t13-,14+,15+,20+/m0/s1. The van der Waals surface area contributed by atoms with Gasteiger partial charge in [-0.3, -0.25) is 14.2 Å². The van der Waals surface area contributed by atoms with Gasteiger partial charge in [0.25, 0.3) is 5.91 Å². The number of nitrogens with zero attached hydrogens (tertiary/aromatic N) is 3. The van der Waals surface area contributed by atoms with Gasteiger partial charge in [0.1, 0.15) is 6.54 Å². The van der Waals surface area contributed by atoms with Gasteiger partial charge in [0.05, 0.1) is 24.5 Å². The maximum atomic E-state index is 12.8. The van der Waals surface area contributed by atoms with Crippen LogP contribution in [0.2, 0.25) is 0 Å². The molecule has 0 aromatic carbocycles. The summed E-state index contributed by atoms with van der Waals surface area (Å²) < 4.78 is 12.8. The number of likely N-dealkylation sites (tertiary alicyclic amines) is 1. The first kappa shape index (κ1) is 18.1. The molecule has 2 aromatic heterocycles. The number of furan rings is 1. The van der Waals surface area contributed by atoms with E-state index in [4.69, 9.17) is 9.15 Å². The van der Waals surface area contributed by atoms with Crippen LogP contribution in [-0.2, 0) is 16.1 Å². The van der Waals surface area contributed by atoms with Crippen molar-refractivity contribution in [1.29, 1.82) is 0 Å². The van der Waals surface area contributed by atoms with Crippen LogP contribution in [0.5, 0.6) is 0 Å². The SMILES string of the molecule is O=C(NC[C@H]1[C@H]2CN(C(=O)Cn3cccnc3=O)C[C@]23CC[C@H]1O3)c1ccco1. The van der Waals surface area contributed by atoms with Crippen molar-refractivity contribution in [3.63, 3.8) is 0 Å². The molecule has 4 atom stereocenters. The molecule has 0 saturated carbocycles. The lowest BCUT2D eigenvalue weighted by atomic mass is 9.73. The van der Waals surface area contributed by atoms with E-state index in [1.165, 1.54) is 17.0 Å². The van der Waals surface area contributed by atoms with Gasteiger partial charge < -0.3 is 19.4 Å². The second kappa shape index (κ2) is 6.84. The lowest BCUT2D eigenvalue weighted by molar-refractivity contribution is -0.132. The van der Waals surface area contributed by atoms with Gasteiger partial charge in [-0.25, -0.2) is 9.78 Å². The van der Waals surface area contributed by atoms with Gasteiger partial charge in [-0.2, -0.15) is 0 Å². The molecule has 9 nitrogen and oxygen atoms in total. The van der Waals surface area contributed by atoms with Crippen molar-refractivity contribution in [3.8, 4) is 0 Å². The second-order valence-electron chi connectivity index (χ2n) is 8.02. The van der Waals surface area contributed by atoms with E-state index in [0.29, 0.717) is 19.6 Å². The number of ether oxygens (including phenoxy) is 1. The highest BCUT2D eigenvalue weighted by molar-refractivity contribution is 5.91. The first-order chi connectivity index (χ1) is 14.1. The van der Waals surface area contributed by atoms with E-state index in [9.17, 15) is 14.4 Å². The Hall–Kier alpha value is -2.94. The topological polar surface area (TPSA) is 107 Å². The molecule has 5 heterocycles. The molecule has 0 unspecified atom stereocenters. The maximum absolute atomic E-state index is 12.8.